The third-order valence-electron chi connectivity index (χ3n) is 1.44. The van der Waals surface area contributed by atoms with Crippen molar-refractivity contribution in [2.75, 3.05) is 6.26 Å². The molecule has 4 N–H and O–H groups in total. The van der Waals surface area contributed by atoms with E-state index in [0.29, 0.717) is 6.54 Å². The molecular formula is C9H17N3O2S. The standard InChI is InChI=1S/C8H12N2.CH5NO2S/c1-2-7-4-3-5-8(6-9)10-7;1-5(2,3)4/h3-5H,2,6,9H2,1H3;1H3,(H2,2,3,4). The summed E-state index contributed by atoms with van der Waals surface area (Å²) in [7, 11) is -3.17. The molecule has 1 aromatic rings. The maximum absolute atomic E-state index is 9.41. The molecule has 0 bridgehead atoms. The predicted molar refractivity (Wildman–Crippen MR) is 60.5 cm³/mol. The second-order valence-corrected chi connectivity index (χ2v) is 4.67. The molecule has 0 spiro atoms. The zero-order valence-corrected chi connectivity index (χ0v) is 9.79. The van der Waals surface area contributed by atoms with Crippen LogP contribution in [0.25, 0.3) is 0 Å². The van der Waals surface area contributed by atoms with Crippen LogP contribution in [0.1, 0.15) is 18.3 Å². The van der Waals surface area contributed by atoms with Crippen molar-refractivity contribution in [3.63, 3.8) is 0 Å². The molecule has 0 fully saturated rings. The second kappa shape index (κ2) is 6.49. The Morgan fingerprint density at radius 3 is 2.20 bits per heavy atom. The van der Waals surface area contributed by atoms with Crippen molar-refractivity contribution >= 4 is 10.0 Å². The van der Waals surface area contributed by atoms with Gasteiger partial charge in [0.05, 0.1) is 11.9 Å². The quantitative estimate of drug-likeness (QED) is 0.748. The highest BCUT2D eigenvalue weighted by Crippen LogP contribution is 1.98. The van der Waals surface area contributed by atoms with Crippen molar-refractivity contribution in [1.29, 1.82) is 0 Å². The van der Waals surface area contributed by atoms with E-state index in [4.69, 9.17) is 5.73 Å². The van der Waals surface area contributed by atoms with Gasteiger partial charge in [0.1, 0.15) is 0 Å². The van der Waals surface area contributed by atoms with Gasteiger partial charge in [-0.2, -0.15) is 0 Å². The smallest absolute Gasteiger partial charge is 0.206 e. The first-order chi connectivity index (χ1) is 6.86. The van der Waals surface area contributed by atoms with Gasteiger partial charge in [-0.25, -0.2) is 13.6 Å². The Hall–Kier alpha value is -0.980. The van der Waals surface area contributed by atoms with Gasteiger partial charge in [-0.05, 0) is 18.6 Å². The number of hydrogen-bond donors (Lipinski definition) is 2. The molecule has 1 heterocycles. The van der Waals surface area contributed by atoms with Gasteiger partial charge in [-0.1, -0.05) is 13.0 Å². The SMILES string of the molecule is CCc1cccc(CN)n1.CS(N)(=O)=O. The van der Waals surface area contributed by atoms with Gasteiger partial charge in [0.2, 0.25) is 10.0 Å². The minimum Gasteiger partial charge on any atom is -0.325 e. The average molecular weight is 231 g/mol. The lowest BCUT2D eigenvalue weighted by Gasteiger charge is -1.97. The molecule has 6 heteroatoms. The molecule has 0 atom stereocenters. The lowest BCUT2D eigenvalue weighted by molar-refractivity contribution is 0.603. The Bertz CT molecular complexity index is 363. The normalized spacial score (nSPS) is 10.4. The predicted octanol–water partition coefficient (Wildman–Crippen LogP) is 0.00740. The molecule has 0 aliphatic heterocycles. The molecule has 0 unspecified atom stereocenters. The van der Waals surface area contributed by atoms with Gasteiger partial charge in [-0.15, -0.1) is 0 Å². The minimum absolute atomic E-state index is 0.536. The summed E-state index contributed by atoms with van der Waals surface area (Å²) in [6.07, 6.45) is 1.92. The van der Waals surface area contributed by atoms with Crippen molar-refractivity contribution in [3.8, 4) is 0 Å². The first-order valence-electron chi connectivity index (χ1n) is 4.49. The summed E-state index contributed by atoms with van der Waals surface area (Å²) in [6, 6.07) is 5.95. The van der Waals surface area contributed by atoms with Gasteiger partial charge in [-0.3, -0.25) is 4.98 Å². The molecule has 0 aliphatic carbocycles. The Kier molecular flexibility index (Phi) is 6.07. The van der Waals surface area contributed by atoms with Crippen molar-refractivity contribution in [1.82, 2.24) is 4.98 Å². The molecule has 1 rings (SSSR count). The fourth-order valence-electron chi connectivity index (χ4n) is 0.840. The fourth-order valence-corrected chi connectivity index (χ4v) is 0.840. The van der Waals surface area contributed by atoms with Crippen LogP contribution < -0.4 is 10.9 Å². The van der Waals surface area contributed by atoms with Crippen LogP contribution in [-0.4, -0.2) is 19.7 Å². The van der Waals surface area contributed by atoms with Crippen molar-refractivity contribution < 1.29 is 8.42 Å². The third kappa shape index (κ3) is 9.33. The molecule has 0 saturated heterocycles. The van der Waals surface area contributed by atoms with E-state index in [9.17, 15) is 8.42 Å². The number of aromatic nitrogens is 1. The molecule has 0 amide bonds. The Morgan fingerprint density at radius 1 is 1.33 bits per heavy atom. The highest BCUT2D eigenvalue weighted by molar-refractivity contribution is 7.88. The summed E-state index contributed by atoms with van der Waals surface area (Å²) in [5.41, 5.74) is 7.50. The number of pyridine rings is 1. The number of hydrogen-bond acceptors (Lipinski definition) is 4. The molecule has 86 valence electrons. The average Bonchev–Trinajstić information content (AvgIpc) is 2.15. The van der Waals surface area contributed by atoms with Crippen LogP contribution in [0.3, 0.4) is 0 Å². The minimum atomic E-state index is -3.17. The van der Waals surface area contributed by atoms with Crippen molar-refractivity contribution in [3.05, 3.63) is 29.6 Å². The van der Waals surface area contributed by atoms with Crippen LogP contribution in [0.5, 0.6) is 0 Å². The maximum atomic E-state index is 9.41. The highest BCUT2D eigenvalue weighted by atomic mass is 32.2. The van der Waals surface area contributed by atoms with Crippen LogP contribution in [0.4, 0.5) is 0 Å². The molecule has 1 aromatic heterocycles. The third-order valence-corrected chi connectivity index (χ3v) is 1.44. The first kappa shape index (κ1) is 14.0. The summed E-state index contributed by atoms with van der Waals surface area (Å²) in [5.74, 6) is 0. The number of nitrogens with two attached hydrogens (primary N) is 2. The van der Waals surface area contributed by atoms with Gasteiger partial charge in [0.25, 0.3) is 0 Å². The van der Waals surface area contributed by atoms with E-state index in [1.165, 1.54) is 0 Å². The largest absolute Gasteiger partial charge is 0.325 e. The van der Waals surface area contributed by atoms with Crippen LogP contribution >= 0.6 is 0 Å². The van der Waals surface area contributed by atoms with E-state index < -0.39 is 10.0 Å². The Labute approximate surface area is 90.6 Å². The Balaban J connectivity index is 0.000000336. The lowest BCUT2D eigenvalue weighted by Crippen LogP contribution is -2.07. The monoisotopic (exact) mass is 231 g/mol. The molecule has 15 heavy (non-hydrogen) atoms. The van der Waals surface area contributed by atoms with Crippen LogP contribution in [-0.2, 0) is 23.0 Å². The van der Waals surface area contributed by atoms with E-state index in [1.54, 1.807) is 0 Å². The fraction of sp³-hybridized carbons (Fsp3) is 0.444. The summed E-state index contributed by atoms with van der Waals surface area (Å²) in [6.45, 7) is 2.62. The summed E-state index contributed by atoms with van der Waals surface area (Å²) in [5, 5.41) is 4.33. The van der Waals surface area contributed by atoms with E-state index >= 15 is 0 Å². The number of primary sulfonamides is 1. The topological polar surface area (TPSA) is 99.1 Å². The second-order valence-electron chi connectivity index (χ2n) is 3.01. The summed E-state index contributed by atoms with van der Waals surface area (Å²) < 4.78 is 18.8. The van der Waals surface area contributed by atoms with Gasteiger partial charge in [0, 0.05) is 12.2 Å². The number of rotatable bonds is 2. The van der Waals surface area contributed by atoms with Gasteiger partial charge in [0.15, 0.2) is 0 Å². The van der Waals surface area contributed by atoms with Gasteiger partial charge < -0.3 is 5.73 Å². The van der Waals surface area contributed by atoms with Crippen LogP contribution in [0.15, 0.2) is 18.2 Å². The van der Waals surface area contributed by atoms with Crippen molar-refractivity contribution in [2.45, 2.75) is 19.9 Å². The molecular weight excluding hydrogens is 214 g/mol. The van der Waals surface area contributed by atoms with E-state index in [-0.39, 0.29) is 0 Å². The molecule has 0 saturated carbocycles. The Morgan fingerprint density at radius 2 is 1.80 bits per heavy atom. The van der Waals surface area contributed by atoms with Crippen molar-refractivity contribution in [2.24, 2.45) is 10.9 Å². The zero-order chi connectivity index (χ0) is 11.9. The van der Waals surface area contributed by atoms with E-state index in [1.807, 2.05) is 18.2 Å². The number of nitrogens with zero attached hydrogens (tertiary/aromatic N) is 1. The summed E-state index contributed by atoms with van der Waals surface area (Å²) >= 11 is 0. The highest BCUT2D eigenvalue weighted by Gasteiger charge is 1.91. The first-order valence-corrected chi connectivity index (χ1v) is 6.45. The molecule has 5 nitrogen and oxygen atoms in total. The molecule has 0 aromatic carbocycles. The zero-order valence-electron chi connectivity index (χ0n) is 8.97. The maximum Gasteiger partial charge on any atom is 0.206 e. The van der Waals surface area contributed by atoms with E-state index in [2.05, 4.69) is 17.0 Å². The number of sulfonamides is 1. The summed E-state index contributed by atoms with van der Waals surface area (Å²) in [4.78, 5) is 4.28. The van der Waals surface area contributed by atoms with Crippen LogP contribution in [0.2, 0.25) is 0 Å². The van der Waals surface area contributed by atoms with Crippen LogP contribution in [0, 0.1) is 0 Å². The lowest BCUT2D eigenvalue weighted by atomic mass is 10.2. The van der Waals surface area contributed by atoms with Gasteiger partial charge >= 0.3 is 0 Å². The molecule has 0 aliphatic rings. The molecule has 0 radical (unpaired) electrons. The number of aryl methyl sites for hydroxylation is 1. The van der Waals surface area contributed by atoms with E-state index in [0.717, 1.165) is 24.1 Å².